The molecule has 0 saturated carbocycles. The molecule has 0 amide bonds. The van der Waals surface area contributed by atoms with E-state index in [2.05, 4.69) is 174 Å². The zero-order valence-electron chi connectivity index (χ0n) is 25.1. The van der Waals surface area contributed by atoms with Crippen molar-refractivity contribution in [3.63, 3.8) is 0 Å². The Morgan fingerprint density at radius 2 is 1.02 bits per heavy atom. The van der Waals surface area contributed by atoms with Crippen LogP contribution in [0.3, 0.4) is 0 Å². The summed E-state index contributed by atoms with van der Waals surface area (Å²) in [6.45, 7) is 0. The van der Waals surface area contributed by atoms with Gasteiger partial charge in [0.25, 0.3) is 0 Å². The van der Waals surface area contributed by atoms with Crippen LogP contribution in [0, 0.1) is 11.3 Å². The number of pyridine rings is 1. The highest BCUT2D eigenvalue weighted by Crippen LogP contribution is 2.39. The van der Waals surface area contributed by atoms with Crippen molar-refractivity contribution in [3.8, 4) is 28.3 Å². The van der Waals surface area contributed by atoms with Gasteiger partial charge in [0.2, 0.25) is 0 Å². The van der Waals surface area contributed by atoms with Crippen LogP contribution in [0.15, 0.2) is 176 Å². The average Bonchev–Trinajstić information content (AvgIpc) is 3.14. The number of benzene rings is 6. The second-order valence-electron chi connectivity index (χ2n) is 11.6. The third-order valence-corrected chi connectivity index (χ3v) is 13.9. The molecule has 3 nitrogen and oxygen atoms in total. The Morgan fingerprint density at radius 1 is 0.478 bits per heavy atom. The molecule has 1 aliphatic rings. The quantitative estimate of drug-likeness (QED) is 0.192. The fourth-order valence-electron chi connectivity index (χ4n) is 7.03. The molecule has 1 aromatic heterocycles. The lowest BCUT2D eigenvalue weighted by molar-refractivity contribution is 1.29. The van der Waals surface area contributed by atoms with Crippen LogP contribution in [0.1, 0.15) is 5.56 Å². The largest absolute Gasteiger partial charge is 0.311 e. The van der Waals surface area contributed by atoms with Gasteiger partial charge < -0.3 is 4.90 Å². The monoisotopic (exact) mass is 603 g/mol. The summed E-state index contributed by atoms with van der Waals surface area (Å²) in [5.74, 6) is 0. The van der Waals surface area contributed by atoms with Gasteiger partial charge in [0.1, 0.15) is 6.07 Å². The number of rotatable bonds is 5. The van der Waals surface area contributed by atoms with Gasteiger partial charge in [-0.25, -0.2) is 0 Å². The van der Waals surface area contributed by atoms with Gasteiger partial charge in [-0.05, 0) is 67.8 Å². The minimum atomic E-state index is -2.64. The third kappa shape index (κ3) is 4.45. The summed E-state index contributed by atoms with van der Waals surface area (Å²) in [7, 11) is -2.64. The van der Waals surface area contributed by atoms with Gasteiger partial charge >= 0.3 is 0 Å². The smallest absolute Gasteiger partial charge is 0.184 e. The summed E-state index contributed by atoms with van der Waals surface area (Å²) in [5.41, 5.74) is 8.36. The molecule has 0 radical (unpaired) electrons. The molecule has 2 heterocycles. The highest BCUT2D eigenvalue weighted by Gasteiger charge is 2.48. The Labute approximate surface area is 270 Å². The number of fused-ring (bicyclic) bond motifs is 2. The minimum Gasteiger partial charge on any atom is -0.311 e. The van der Waals surface area contributed by atoms with Crippen LogP contribution >= 0.6 is 0 Å². The first-order chi connectivity index (χ1) is 22.8. The van der Waals surface area contributed by atoms with Crippen molar-refractivity contribution < 1.29 is 0 Å². The maximum absolute atomic E-state index is 9.31. The molecular weight excluding hydrogens is 575 g/mol. The molecule has 0 fully saturated rings. The standard InChI is InChI=1S/C42H29N3Si/c43-28-31-26-35(30-44-29-31)33-24-22-32(23-25-33)34-12-11-13-36(27-34)45-39-18-7-9-20-41(39)46(37-14-3-1-4-15-37,38-16-5-2-6-17-38)42-21-10-8-19-40(42)45/h1-27,29-30H. The van der Waals surface area contributed by atoms with Gasteiger partial charge in [-0.3, -0.25) is 4.98 Å². The maximum atomic E-state index is 9.31. The summed E-state index contributed by atoms with van der Waals surface area (Å²) < 4.78 is 0. The van der Waals surface area contributed by atoms with Crippen LogP contribution in [0.5, 0.6) is 0 Å². The number of hydrogen-bond donors (Lipinski definition) is 0. The van der Waals surface area contributed by atoms with E-state index in [0.29, 0.717) is 5.56 Å². The molecule has 6 aromatic carbocycles. The lowest BCUT2D eigenvalue weighted by Gasteiger charge is -2.45. The molecule has 46 heavy (non-hydrogen) atoms. The number of para-hydroxylation sites is 2. The number of anilines is 3. The van der Waals surface area contributed by atoms with Crippen LogP contribution in [-0.2, 0) is 0 Å². The van der Waals surface area contributed by atoms with E-state index in [1.54, 1.807) is 12.4 Å². The maximum Gasteiger partial charge on any atom is 0.184 e. The minimum absolute atomic E-state index is 0.558. The molecule has 4 heteroatoms. The van der Waals surface area contributed by atoms with E-state index in [-0.39, 0.29) is 0 Å². The van der Waals surface area contributed by atoms with E-state index in [9.17, 15) is 5.26 Å². The van der Waals surface area contributed by atoms with E-state index in [1.165, 1.54) is 32.1 Å². The molecule has 0 atom stereocenters. The normalized spacial score (nSPS) is 12.9. The van der Waals surface area contributed by atoms with E-state index in [0.717, 1.165) is 27.9 Å². The van der Waals surface area contributed by atoms with Gasteiger partial charge in [-0.15, -0.1) is 0 Å². The van der Waals surface area contributed by atoms with E-state index in [1.807, 2.05) is 6.07 Å². The molecule has 0 unspecified atom stereocenters. The van der Waals surface area contributed by atoms with Gasteiger partial charge in [0.05, 0.1) is 5.56 Å². The van der Waals surface area contributed by atoms with E-state index in [4.69, 9.17) is 0 Å². The topological polar surface area (TPSA) is 39.9 Å². The number of nitrogens with zero attached hydrogens (tertiary/aromatic N) is 3. The van der Waals surface area contributed by atoms with Crippen molar-refractivity contribution >= 4 is 45.9 Å². The zero-order valence-corrected chi connectivity index (χ0v) is 26.1. The fourth-order valence-corrected chi connectivity index (χ4v) is 12.1. The first kappa shape index (κ1) is 27.5. The molecule has 7 aromatic rings. The van der Waals surface area contributed by atoms with E-state index < -0.39 is 8.07 Å². The Hall–Kier alpha value is -6.02. The fraction of sp³-hybridized carbons (Fsp3) is 0. The van der Waals surface area contributed by atoms with Crippen LogP contribution in [0.25, 0.3) is 22.3 Å². The second-order valence-corrected chi connectivity index (χ2v) is 15.3. The lowest BCUT2D eigenvalue weighted by atomic mass is 10.00. The van der Waals surface area contributed by atoms with Crippen molar-refractivity contribution in [2.45, 2.75) is 0 Å². The van der Waals surface area contributed by atoms with Crippen LogP contribution in [0.4, 0.5) is 17.1 Å². The van der Waals surface area contributed by atoms with Gasteiger partial charge in [-0.2, -0.15) is 5.26 Å². The summed E-state index contributed by atoms with van der Waals surface area (Å²) in [4.78, 5) is 6.68. The molecule has 216 valence electrons. The van der Waals surface area contributed by atoms with Crippen molar-refractivity contribution in [2.75, 3.05) is 4.90 Å². The summed E-state index contributed by atoms with van der Waals surface area (Å²) in [5, 5.41) is 14.8. The summed E-state index contributed by atoms with van der Waals surface area (Å²) in [6.07, 6.45) is 3.39. The van der Waals surface area contributed by atoms with Crippen molar-refractivity contribution in [1.29, 1.82) is 5.26 Å². The zero-order chi connectivity index (χ0) is 30.9. The second kappa shape index (κ2) is 11.5. The Morgan fingerprint density at radius 3 is 1.61 bits per heavy atom. The van der Waals surface area contributed by atoms with Gasteiger partial charge in [0.15, 0.2) is 8.07 Å². The summed E-state index contributed by atoms with van der Waals surface area (Å²) in [6, 6.07) is 61.6. The third-order valence-electron chi connectivity index (χ3n) is 9.03. The average molecular weight is 604 g/mol. The molecule has 0 aliphatic carbocycles. The summed E-state index contributed by atoms with van der Waals surface area (Å²) >= 11 is 0. The molecule has 0 spiro atoms. The first-order valence-electron chi connectivity index (χ1n) is 15.4. The van der Waals surface area contributed by atoms with Crippen molar-refractivity contribution in [1.82, 2.24) is 4.98 Å². The number of hydrogen-bond acceptors (Lipinski definition) is 3. The lowest BCUT2D eigenvalue weighted by Crippen LogP contribution is -2.77. The Bertz CT molecular complexity index is 2130. The predicted octanol–water partition coefficient (Wildman–Crippen LogP) is 7.45. The number of aromatic nitrogens is 1. The Balaban J connectivity index is 1.29. The van der Waals surface area contributed by atoms with Gasteiger partial charge in [-0.1, -0.05) is 133 Å². The van der Waals surface area contributed by atoms with Crippen molar-refractivity contribution in [3.05, 3.63) is 182 Å². The molecule has 1 aliphatic heterocycles. The molecule has 0 N–H and O–H groups in total. The molecule has 8 rings (SSSR count). The highest BCUT2D eigenvalue weighted by atomic mass is 28.3. The molecule has 0 saturated heterocycles. The highest BCUT2D eigenvalue weighted by molar-refractivity contribution is 7.21. The van der Waals surface area contributed by atoms with Crippen LogP contribution < -0.4 is 25.6 Å². The number of nitriles is 1. The van der Waals surface area contributed by atoms with Crippen LogP contribution in [0.2, 0.25) is 0 Å². The molecule has 0 bridgehead atoms. The SMILES string of the molecule is N#Cc1cncc(-c2ccc(-c3cccc(N4c5ccccc5[Si](c5ccccc5)(c5ccccc5)c5ccccc54)c3)cc2)c1. The van der Waals surface area contributed by atoms with Crippen LogP contribution in [-0.4, -0.2) is 13.1 Å². The molecular formula is C42H29N3Si. The Kier molecular flexibility index (Phi) is 6.87. The van der Waals surface area contributed by atoms with E-state index >= 15 is 0 Å². The first-order valence-corrected chi connectivity index (χ1v) is 17.4. The van der Waals surface area contributed by atoms with Crippen molar-refractivity contribution in [2.24, 2.45) is 0 Å². The van der Waals surface area contributed by atoms with Gasteiger partial charge in [0, 0.05) is 35.0 Å². The predicted molar refractivity (Wildman–Crippen MR) is 192 cm³/mol.